The van der Waals surface area contributed by atoms with Gasteiger partial charge in [-0.15, -0.1) is 0 Å². The van der Waals surface area contributed by atoms with Crippen LogP contribution in [0.3, 0.4) is 0 Å². The smallest absolute Gasteiger partial charge is 0.748 e. The van der Waals surface area contributed by atoms with E-state index < -0.39 is 43.8 Å². The first-order valence-corrected chi connectivity index (χ1v) is 9.20. The SMILES string of the molecule is CC(=O)C(N)CCS(=O)(=O)[O-].CC(=O)C(N)CCS(=O)(=O)[O-].[Ca+2]. The molecule has 0 spiro atoms. The fourth-order valence-electron chi connectivity index (χ4n) is 0.949. The number of ketones is 2. The van der Waals surface area contributed by atoms with Gasteiger partial charge in [0.15, 0.2) is 0 Å². The number of Topliss-reactive ketones (excluding diaryl/α,β-unsaturated/α-hetero) is 2. The summed E-state index contributed by atoms with van der Waals surface area (Å²) in [5.74, 6) is -1.77. The molecule has 132 valence electrons. The van der Waals surface area contributed by atoms with Crippen LogP contribution in [0.2, 0.25) is 0 Å². The van der Waals surface area contributed by atoms with E-state index in [1.807, 2.05) is 0 Å². The topological polar surface area (TPSA) is 201 Å². The zero-order valence-electron chi connectivity index (χ0n) is 12.9. The molecule has 0 aliphatic carbocycles. The predicted octanol–water partition coefficient (Wildman–Crippen LogP) is -2.70. The third-order valence-electron chi connectivity index (χ3n) is 2.40. The van der Waals surface area contributed by atoms with Crippen molar-refractivity contribution >= 4 is 69.5 Å². The van der Waals surface area contributed by atoms with E-state index in [-0.39, 0.29) is 62.1 Å². The number of hydrogen-bond acceptors (Lipinski definition) is 10. The third kappa shape index (κ3) is 22.3. The monoisotopic (exact) mass is 400 g/mol. The maximum atomic E-state index is 10.4. The summed E-state index contributed by atoms with van der Waals surface area (Å²) in [5.41, 5.74) is 10.3. The van der Waals surface area contributed by atoms with Crippen molar-refractivity contribution in [2.24, 2.45) is 11.5 Å². The Morgan fingerprint density at radius 2 is 1.04 bits per heavy atom. The van der Waals surface area contributed by atoms with Crippen LogP contribution in [0.5, 0.6) is 0 Å². The van der Waals surface area contributed by atoms with Crippen molar-refractivity contribution in [2.45, 2.75) is 38.8 Å². The molecule has 0 saturated carbocycles. The van der Waals surface area contributed by atoms with E-state index in [4.69, 9.17) is 11.5 Å². The molecule has 0 amide bonds. The number of hydrogen-bond donors (Lipinski definition) is 2. The molecular formula is C10H20CaN2O8S2. The van der Waals surface area contributed by atoms with Crippen LogP contribution in [0.1, 0.15) is 26.7 Å². The summed E-state index contributed by atoms with van der Waals surface area (Å²) in [6.07, 6.45) is -0.192. The second-order valence-electron chi connectivity index (χ2n) is 4.54. The molecule has 0 aromatic carbocycles. The fourth-order valence-corrected chi connectivity index (χ4v) is 2.03. The molecule has 0 radical (unpaired) electrons. The van der Waals surface area contributed by atoms with Gasteiger partial charge in [-0.25, -0.2) is 16.8 Å². The second-order valence-corrected chi connectivity index (χ2v) is 7.58. The number of rotatable bonds is 8. The van der Waals surface area contributed by atoms with Crippen LogP contribution in [0.4, 0.5) is 0 Å². The second kappa shape index (κ2) is 12.7. The average Bonchev–Trinajstić information content (AvgIpc) is 2.31. The Balaban J connectivity index is -0.000000333. The van der Waals surface area contributed by atoms with Crippen molar-refractivity contribution in [2.75, 3.05) is 11.5 Å². The van der Waals surface area contributed by atoms with Gasteiger partial charge in [0.1, 0.15) is 11.6 Å². The van der Waals surface area contributed by atoms with Gasteiger partial charge in [0.05, 0.1) is 32.3 Å². The third-order valence-corrected chi connectivity index (χ3v) is 3.87. The summed E-state index contributed by atoms with van der Waals surface area (Å²) < 4.78 is 60.2. The molecule has 23 heavy (non-hydrogen) atoms. The van der Waals surface area contributed by atoms with Crippen LogP contribution in [0.25, 0.3) is 0 Å². The zero-order chi connectivity index (χ0) is 18.1. The molecule has 0 aliphatic heterocycles. The Morgan fingerprint density at radius 3 is 1.17 bits per heavy atom. The summed E-state index contributed by atoms with van der Waals surface area (Å²) in [4.78, 5) is 20.9. The van der Waals surface area contributed by atoms with E-state index in [0.717, 1.165) is 0 Å². The molecule has 0 saturated heterocycles. The van der Waals surface area contributed by atoms with E-state index in [1.54, 1.807) is 0 Å². The van der Waals surface area contributed by atoms with Gasteiger partial charge in [-0.3, -0.25) is 9.59 Å². The van der Waals surface area contributed by atoms with Crippen LogP contribution < -0.4 is 11.5 Å². The van der Waals surface area contributed by atoms with Crippen LogP contribution in [-0.2, 0) is 29.8 Å². The molecule has 2 atom stereocenters. The van der Waals surface area contributed by atoms with E-state index >= 15 is 0 Å². The Labute approximate surface area is 165 Å². The van der Waals surface area contributed by atoms with E-state index in [1.165, 1.54) is 13.8 Å². The molecule has 0 bridgehead atoms. The van der Waals surface area contributed by atoms with Crippen LogP contribution in [-0.4, -0.2) is 98.8 Å². The van der Waals surface area contributed by atoms with Gasteiger partial charge in [0, 0.05) is 11.5 Å². The standard InChI is InChI=1S/2C5H11NO4S.Ca/c2*1-4(7)5(6)2-3-11(8,9)10;/h2*5H,2-3,6H2,1H3,(H,8,9,10);/q;;+2/p-2. The first-order valence-electron chi connectivity index (χ1n) is 6.05. The molecule has 0 aromatic heterocycles. The molecule has 10 nitrogen and oxygen atoms in total. The zero-order valence-corrected chi connectivity index (χ0v) is 16.8. The van der Waals surface area contributed by atoms with Gasteiger partial charge < -0.3 is 20.6 Å². The van der Waals surface area contributed by atoms with Crippen molar-refractivity contribution < 1.29 is 35.5 Å². The first kappa shape index (κ1) is 28.2. The largest absolute Gasteiger partial charge is 2.00 e. The molecule has 0 heterocycles. The minimum Gasteiger partial charge on any atom is -0.748 e. The number of carbonyl (C=O) groups excluding carboxylic acids is 2. The van der Waals surface area contributed by atoms with Gasteiger partial charge in [0.2, 0.25) is 0 Å². The Hall–Kier alpha value is 0.340. The quantitative estimate of drug-likeness (QED) is 0.319. The summed E-state index contributed by atoms with van der Waals surface area (Å²) in [6.45, 7) is 2.50. The maximum Gasteiger partial charge on any atom is 2.00 e. The summed E-state index contributed by atoms with van der Waals surface area (Å²) >= 11 is 0. The molecule has 13 heteroatoms. The minimum atomic E-state index is -4.23. The van der Waals surface area contributed by atoms with Crippen LogP contribution >= 0.6 is 0 Å². The van der Waals surface area contributed by atoms with Crippen molar-refractivity contribution in [1.29, 1.82) is 0 Å². The summed E-state index contributed by atoms with van der Waals surface area (Å²) in [5, 5.41) is 0. The number of nitrogens with two attached hydrogens (primary N) is 2. The van der Waals surface area contributed by atoms with Gasteiger partial charge >= 0.3 is 37.7 Å². The fraction of sp³-hybridized carbons (Fsp3) is 0.800. The minimum absolute atomic E-state index is 0. The van der Waals surface area contributed by atoms with E-state index in [9.17, 15) is 35.5 Å². The van der Waals surface area contributed by atoms with Crippen LogP contribution in [0.15, 0.2) is 0 Å². The molecule has 0 fully saturated rings. The van der Waals surface area contributed by atoms with Crippen molar-refractivity contribution in [3.05, 3.63) is 0 Å². The van der Waals surface area contributed by atoms with E-state index in [2.05, 4.69) is 0 Å². The van der Waals surface area contributed by atoms with Crippen LogP contribution in [0, 0.1) is 0 Å². The van der Waals surface area contributed by atoms with Gasteiger partial charge in [-0.1, -0.05) is 0 Å². The predicted molar refractivity (Wildman–Crippen MR) is 81.4 cm³/mol. The Kier molecular flexibility index (Phi) is 15.5. The average molecular weight is 400 g/mol. The van der Waals surface area contributed by atoms with E-state index in [0.29, 0.717) is 0 Å². The molecule has 0 aromatic rings. The summed E-state index contributed by atoms with van der Waals surface area (Å²) in [7, 11) is -8.47. The van der Waals surface area contributed by atoms with Gasteiger partial charge in [-0.2, -0.15) is 0 Å². The van der Waals surface area contributed by atoms with Gasteiger partial charge in [0.25, 0.3) is 0 Å². The molecular weight excluding hydrogens is 380 g/mol. The van der Waals surface area contributed by atoms with Crippen molar-refractivity contribution in [3.8, 4) is 0 Å². The van der Waals surface area contributed by atoms with Gasteiger partial charge in [-0.05, 0) is 26.7 Å². The first-order chi connectivity index (χ1) is 9.65. The molecule has 4 N–H and O–H groups in total. The molecule has 0 rings (SSSR count). The maximum absolute atomic E-state index is 10.4. The number of carbonyl (C=O) groups is 2. The Bertz CT molecular complexity index is 524. The van der Waals surface area contributed by atoms with Crippen molar-refractivity contribution in [1.82, 2.24) is 0 Å². The molecule has 2 unspecified atom stereocenters. The summed E-state index contributed by atoms with van der Waals surface area (Å²) in [6, 6.07) is -1.67. The molecule has 0 aliphatic rings. The van der Waals surface area contributed by atoms with Crippen molar-refractivity contribution in [3.63, 3.8) is 0 Å². The normalized spacial score (nSPS) is 13.8. The Morgan fingerprint density at radius 1 is 0.826 bits per heavy atom.